The van der Waals surface area contributed by atoms with E-state index in [1.807, 2.05) is 20.8 Å². The summed E-state index contributed by atoms with van der Waals surface area (Å²) in [6, 6.07) is 0. The predicted octanol–water partition coefficient (Wildman–Crippen LogP) is 2.18. The third-order valence-corrected chi connectivity index (χ3v) is 2.15. The van der Waals surface area contributed by atoms with E-state index in [1.165, 1.54) is 7.05 Å². The third kappa shape index (κ3) is 10.1. The van der Waals surface area contributed by atoms with Crippen molar-refractivity contribution >= 4 is 5.91 Å². The average Bonchev–Trinajstić information content (AvgIpc) is 2.10. The first-order valence-corrected chi connectivity index (χ1v) is 5.57. The van der Waals surface area contributed by atoms with Gasteiger partial charge in [0.1, 0.15) is 0 Å². The summed E-state index contributed by atoms with van der Waals surface area (Å²) in [4.78, 5) is 12.6. The highest BCUT2D eigenvalue weighted by Crippen LogP contribution is 2.19. The number of halogens is 3. The Labute approximate surface area is 100 Å². The number of hydrogen-bond donors (Lipinski definition) is 1. The van der Waals surface area contributed by atoms with Crippen molar-refractivity contribution in [3.8, 4) is 0 Å². The second-order valence-corrected chi connectivity index (χ2v) is 5.11. The van der Waals surface area contributed by atoms with E-state index in [-0.39, 0.29) is 24.4 Å². The minimum Gasteiger partial charge on any atom is -0.345 e. The lowest BCUT2D eigenvalue weighted by atomic mass is 10.1. The van der Waals surface area contributed by atoms with Gasteiger partial charge in [-0.15, -0.1) is 0 Å². The summed E-state index contributed by atoms with van der Waals surface area (Å²) >= 11 is 0. The van der Waals surface area contributed by atoms with Gasteiger partial charge in [0.05, 0.1) is 6.42 Å². The second-order valence-electron chi connectivity index (χ2n) is 5.11. The standard InChI is InChI=1S/C11H21F3N2O/c1-10(2,3)15-7-5-9(17)16(4)8-6-11(12,13)14/h15H,5-8H2,1-4H3. The van der Waals surface area contributed by atoms with E-state index in [0.717, 1.165) is 4.90 Å². The molecule has 0 aromatic heterocycles. The van der Waals surface area contributed by atoms with Gasteiger partial charge in [0.15, 0.2) is 0 Å². The van der Waals surface area contributed by atoms with E-state index >= 15 is 0 Å². The normalized spacial score (nSPS) is 12.6. The van der Waals surface area contributed by atoms with E-state index in [9.17, 15) is 18.0 Å². The molecule has 0 fully saturated rings. The van der Waals surface area contributed by atoms with Crippen LogP contribution in [0.15, 0.2) is 0 Å². The van der Waals surface area contributed by atoms with Crippen molar-refractivity contribution in [2.75, 3.05) is 20.1 Å². The lowest BCUT2D eigenvalue weighted by molar-refractivity contribution is -0.143. The molecule has 0 heterocycles. The summed E-state index contributed by atoms with van der Waals surface area (Å²) in [6.07, 6.45) is -4.95. The van der Waals surface area contributed by atoms with Gasteiger partial charge in [-0.25, -0.2) is 0 Å². The van der Waals surface area contributed by atoms with Crippen molar-refractivity contribution < 1.29 is 18.0 Å². The summed E-state index contributed by atoms with van der Waals surface area (Å²) in [7, 11) is 1.39. The molecule has 0 radical (unpaired) electrons. The predicted molar refractivity (Wildman–Crippen MR) is 60.7 cm³/mol. The molecule has 0 bridgehead atoms. The molecular formula is C11H21F3N2O. The molecule has 6 heteroatoms. The fraction of sp³-hybridized carbons (Fsp3) is 0.909. The van der Waals surface area contributed by atoms with Crippen LogP contribution in [0.25, 0.3) is 0 Å². The van der Waals surface area contributed by atoms with Crippen LogP contribution in [0, 0.1) is 0 Å². The zero-order valence-electron chi connectivity index (χ0n) is 10.8. The molecule has 102 valence electrons. The molecule has 0 saturated carbocycles. The maximum Gasteiger partial charge on any atom is 0.390 e. The Hall–Kier alpha value is -0.780. The van der Waals surface area contributed by atoms with Gasteiger partial charge in [0.25, 0.3) is 0 Å². The molecule has 0 aromatic carbocycles. The summed E-state index contributed by atoms with van der Waals surface area (Å²) in [6.45, 7) is 6.08. The van der Waals surface area contributed by atoms with E-state index in [0.29, 0.717) is 6.54 Å². The van der Waals surface area contributed by atoms with Crippen molar-refractivity contribution in [2.24, 2.45) is 0 Å². The fourth-order valence-corrected chi connectivity index (χ4v) is 1.15. The molecule has 1 N–H and O–H groups in total. The van der Waals surface area contributed by atoms with Gasteiger partial charge >= 0.3 is 6.18 Å². The number of carbonyl (C=O) groups excluding carboxylic acids is 1. The Bertz CT molecular complexity index is 246. The summed E-state index contributed by atoms with van der Waals surface area (Å²) in [5, 5.41) is 3.11. The molecule has 3 nitrogen and oxygen atoms in total. The van der Waals surface area contributed by atoms with Crippen LogP contribution < -0.4 is 5.32 Å². The highest BCUT2D eigenvalue weighted by molar-refractivity contribution is 5.76. The number of nitrogens with one attached hydrogen (secondary N) is 1. The fourth-order valence-electron chi connectivity index (χ4n) is 1.15. The molecule has 1 amide bonds. The van der Waals surface area contributed by atoms with Crippen molar-refractivity contribution in [1.29, 1.82) is 0 Å². The summed E-state index contributed by atoms with van der Waals surface area (Å²) in [5.74, 6) is -0.272. The topological polar surface area (TPSA) is 32.3 Å². The minimum absolute atomic E-state index is 0.0924. The van der Waals surface area contributed by atoms with E-state index in [4.69, 9.17) is 0 Å². The van der Waals surface area contributed by atoms with E-state index in [2.05, 4.69) is 5.32 Å². The molecule has 0 atom stereocenters. The van der Waals surface area contributed by atoms with Crippen LogP contribution >= 0.6 is 0 Å². The molecule has 0 spiro atoms. The van der Waals surface area contributed by atoms with Gasteiger partial charge in [-0.3, -0.25) is 4.79 Å². The van der Waals surface area contributed by atoms with Gasteiger partial charge < -0.3 is 10.2 Å². The molecule has 17 heavy (non-hydrogen) atoms. The van der Waals surface area contributed by atoms with Crippen LogP contribution in [0.2, 0.25) is 0 Å². The Morgan fingerprint density at radius 2 is 1.76 bits per heavy atom. The molecule has 0 aliphatic rings. The van der Waals surface area contributed by atoms with Crippen LogP contribution in [0.5, 0.6) is 0 Å². The molecular weight excluding hydrogens is 233 g/mol. The van der Waals surface area contributed by atoms with Crippen LogP contribution in [0.4, 0.5) is 13.2 Å². The summed E-state index contributed by atoms with van der Waals surface area (Å²) < 4.78 is 35.8. The van der Waals surface area contributed by atoms with E-state index in [1.54, 1.807) is 0 Å². The second kappa shape index (κ2) is 6.23. The highest BCUT2D eigenvalue weighted by atomic mass is 19.4. The number of alkyl halides is 3. The number of amides is 1. The molecule has 0 aliphatic heterocycles. The average molecular weight is 254 g/mol. The Morgan fingerprint density at radius 3 is 2.18 bits per heavy atom. The van der Waals surface area contributed by atoms with Crippen molar-refractivity contribution in [3.63, 3.8) is 0 Å². The monoisotopic (exact) mass is 254 g/mol. The molecule has 0 unspecified atom stereocenters. The number of nitrogens with zero attached hydrogens (tertiary/aromatic N) is 1. The lowest BCUT2D eigenvalue weighted by Gasteiger charge is -2.22. The zero-order chi connectivity index (χ0) is 13.7. The smallest absolute Gasteiger partial charge is 0.345 e. The Kier molecular flexibility index (Phi) is 5.95. The van der Waals surface area contributed by atoms with Gasteiger partial charge in [-0.05, 0) is 20.8 Å². The van der Waals surface area contributed by atoms with Gasteiger partial charge in [0.2, 0.25) is 5.91 Å². The first-order valence-electron chi connectivity index (χ1n) is 5.57. The van der Waals surface area contributed by atoms with Crippen LogP contribution in [0.1, 0.15) is 33.6 Å². The maximum atomic E-state index is 11.9. The first-order chi connectivity index (χ1) is 7.51. The van der Waals surface area contributed by atoms with Crippen molar-refractivity contribution in [1.82, 2.24) is 10.2 Å². The molecule has 0 aromatic rings. The van der Waals surface area contributed by atoms with Crippen LogP contribution in [-0.2, 0) is 4.79 Å². The zero-order valence-corrected chi connectivity index (χ0v) is 10.8. The van der Waals surface area contributed by atoms with E-state index < -0.39 is 12.6 Å². The highest BCUT2D eigenvalue weighted by Gasteiger charge is 2.27. The SMILES string of the molecule is CN(CCC(F)(F)F)C(=O)CCNC(C)(C)C. The Morgan fingerprint density at radius 1 is 1.24 bits per heavy atom. The number of carbonyl (C=O) groups is 1. The van der Waals surface area contributed by atoms with Crippen LogP contribution in [0.3, 0.4) is 0 Å². The maximum absolute atomic E-state index is 11.9. The lowest BCUT2D eigenvalue weighted by Crippen LogP contribution is -2.39. The minimum atomic E-state index is -4.21. The summed E-state index contributed by atoms with van der Waals surface area (Å²) in [5.41, 5.74) is -0.0924. The molecule has 0 rings (SSSR count). The Balaban J connectivity index is 3.83. The molecule has 0 saturated heterocycles. The number of rotatable bonds is 5. The van der Waals surface area contributed by atoms with Gasteiger partial charge in [-0.2, -0.15) is 13.2 Å². The van der Waals surface area contributed by atoms with Gasteiger partial charge in [-0.1, -0.05) is 0 Å². The van der Waals surface area contributed by atoms with Crippen LogP contribution in [-0.4, -0.2) is 42.7 Å². The van der Waals surface area contributed by atoms with Crippen molar-refractivity contribution in [2.45, 2.75) is 45.3 Å². The van der Waals surface area contributed by atoms with Gasteiger partial charge in [0, 0.05) is 32.1 Å². The molecule has 0 aliphatic carbocycles. The first kappa shape index (κ1) is 16.2. The largest absolute Gasteiger partial charge is 0.390 e. The third-order valence-electron chi connectivity index (χ3n) is 2.15. The quantitative estimate of drug-likeness (QED) is 0.815. The number of hydrogen-bond acceptors (Lipinski definition) is 2. The van der Waals surface area contributed by atoms with Crippen molar-refractivity contribution in [3.05, 3.63) is 0 Å².